The summed E-state index contributed by atoms with van der Waals surface area (Å²) in [4.78, 5) is 6.45. The summed E-state index contributed by atoms with van der Waals surface area (Å²) < 4.78 is 24.8. The Labute approximate surface area is 149 Å². The first-order valence-electron chi connectivity index (χ1n) is 8.92. The van der Waals surface area contributed by atoms with E-state index < -0.39 is 14.6 Å². The van der Waals surface area contributed by atoms with Crippen LogP contribution in [0.2, 0.25) is 0 Å². The average Bonchev–Trinajstić information content (AvgIpc) is 2.61. The lowest BCUT2D eigenvalue weighted by Gasteiger charge is -2.45. The van der Waals surface area contributed by atoms with Gasteiger partial charge in [0.2, 0.25) is 0 Å². The van der Waals surface area contributed by atoms with Crippen molar-refractivity contribution < 1.29 is 13.5 Å². The molecule has 2 aliphatic rings. The molecular weight excluding hydrogens is 338 g/mol. The summed E-state index contributed by atoms with van der Waals surface area (Å²) in [5, 5.41) is 12.7. The van der Waals surface area contributed by atoms with Gasteiger partial charge in [-0.2, -0.15) is 0 Å². The number of aromatic hydroxyl groups is 1. The van der Waals surface area contributed by atoms with E-state index in [-0.39, 0.29) is 11.5 Å². The van der Waals surface area contributed by atoms with Gasteiger partial charge in [0.05, 0.1) is 10.5 Å². The SMILES string of the molecule is CN=C(NCc1ccc(O)cc1)N1CCS(=O)(=O)C2(CCCCC2)C1. The highest BCUT2D eigenvalue weighted by Crippen LogP contribution is 2.38. The van der Waals surface area contributed by atoms with Crippen LogP contribution in [0.15, 0.2) is 29.3 Å². The van der Waals surface area contributed by atoms with Crippen LogP contribution in [0.25, 0.3) is 0 Å². The first kappa shape index (κ1) is 18.0. The van der Waals surface area contributed by atoms with E-state index in [4.69, 9.17) is 0 Å². The number of nitrogens with zero attached hydrogens (tertiary/aromatic N) is 2. The van der Waals surface area contributed by atoms with E-state index in [0.717, 1.165) is 43.6 Å². The zero-order chi connectivity index (χ0) is 17.9. The Balaban J connectivity index is 1.70. The van der Waals surface area contributed by atoms with E-state index in [1.54, 1.807) is 19.2 Å². The Bertz CT molecular complexity index is 722. The summed E-state index contributed by atoms with van der Waals surface area (Å²) >= 11 is 0. The molecule has 0 bridgehead atoms. The molecule has 25 heavy (non-hydrogen) atoms. The summed E-state index contributed by atoms with van der Waals surface area (Å²) in [7, 11) is -1.31. The second kappa shape index (κ2) is 7.23. The first-order chi connectivity index (χ1) is 12.0. The summed E-state index contributed by atoms with van der Waals surface area (Å²) in [6.07, 6.45) is 4.64. The monoisotopic (exact) mass is 365 g/mol. The van der Waals surface area contributed by atoms with Crippen LogP contribution in [0.3, 0.4) is 0 Å². The molecule has 1 aliphatic carbocycles. The Morgan fingerprint density at radius 3 is 2.56 bits per heavy atom. The molecule has 1 aliphatic heterocycles. The van der Waals surface area contributed by atoms with Crippen molar-refractivity contribution in [2.45, 2.75) is 43.4 Å². The molecule has 1 spiro atoms. The number of hydrogen-bond acceptors (Lipinski definition) is 4. The van der Waals surface area contributed by atoms with E-state index in [2.05, 4.69) is 15.2 Å². The smallest absolute Gasteiger partial charge is 0.193 e. The van der Waals surface area contributed by atoms with Crippen molar-refractivity contribution in [3.63, 3.8) is 0 Å². The quantitative estimate of drug-likeness (QED) is 0.618. The van der Waals surface area contributed by atoms with Gasteiger partial charge in [-0.05, 0) is 30.5 Å². The van der Waals surface area contributed by atoms with Gasteiger partial charge in [-0.3, -0.25) is 4.99 Å². The third-order valence-electron chi connectivity index (χ3n) is 5.43. The van der Waals surface area contributed by atoms with Gasteiger partial charge >= 0.3 is 0 Å². The normalized spacial score (nSPS) is 22.8. The Morgan fingerprint density at radius 2 is 1.92 bits per heavy atom. The molecule has 138 valence electrons. The van der Waals surface area contributed by atoms with Crippen LogP contribution in [0, 0.1) is 0 Å². The third-order valence-corrected chi connectivity index (χ3v) is 8.01. The molecule has 2 N–H and O–H groups in total. The molecule has 6 nitrogen and oxygen atoms in total. The van der Waals surface area contributed by atoms with Gasteiger partial charge in [0.1, 0.15) is 5.75 Å². The molecule has 1 saturated carbocycles. The van der Waals surface area contributed by atoms with Gasteiger partial charge in [-0.1, -0.05) is 31.4 Å². The predicted molar refractivity (Wildman–Crippen MR) is 99.5 cm³/mol. The summed E-state index contributed by atoms with van der Waals surface area (Å²) in [6, 6.07) is 7.03. The highest BCUT2D eigenvalue weighted by Gasteiger charge is 2.48. The highest BCUT2D eigenvalue weighted by atomic mass is 32.2. The van der Waals surface area contributed by atoms with E-state index in [1.165, 1.54) is 0 Å². The summed E-state index contributed by atoms with van der Waals surface area (Å²) in [6.45, 7) is 1.60. The number of hydrogen-bond donors (Lipinski definition) is 2. The number of sulfone groups is 1. The molecule has 7 heteroatoms. The van der Waals surface area contributed by atoms with Crippen LogP contribution < -0.4 is 5.32 Å². The summed E-state index contributed by atoms with van der Waals surface area (Å²) in [5.74, 6) is 1.19. The number of phenols is 1. The van der Waals surface area contributed by atoms with Crippen molar-refractivity contribution in [2.75, 3.05) is 25.9 Å². The zero-order valence-corrected chi connectivity index (χ0v) is 15.6. The predicted octanol–water partition coefficient (Wildman–Crippen LogP) is 1.90. The Kier molecular flexibility index (Phi) is 5.22. The molecule has 0 unspecified atom stereocenters. The molecule has 1 aromatic rings. The van der Waals surface area contributed by atoms with Crippen LogP contribution in [0.1, 0.15) is 37.7 Å². The summed E-state index contributed by atoms with van der Waals surface area (Å²) in [5.41, 5.74) is 1.04. The van der Waals surface area contributed by atoms with Crippen molar-refractivity contribution in [2.24, 2.45) is 4.99 Å². The van der Waals surface area contributed by atoms with Crippen molar-refractivity contribution in [1.82, 2.24) is 10.2 Å². The van der Waals surface area contributed by atoms with Crippen molar-refractivity contribution in [3.05, 3.63) is 29.8 Å². The first-order valence-corrected chi connectivity index (χ1v) is 10.6. The maximum Gasteiger partial charge on any atom is 0.193 e. The van der Waals surface area contributed by atoms with Crippen LogP contribution in [-0.2, 0) is 16.4 Å². The van der Waals surface area contributed by atoms with Crippen LogP contribution in [-0.4, -0.2) is 55.0 Å². The minimum Gasteiger partial charge on any atom is -0.508 e. The highest BCUT2D eigenvalue weighted by molar-refractivity contribution is 7.92. The van der Waals surface area contributed by atoms with Gasteiger partial charge in [0, 0.05) is 26.7 Å². The Morgan fingerprint density at radius 1 is 1.24 bits per heavy atom. The number of nitrogens with one attached hydrogen (secondary N) is 1. The third kappa shape index (κ3) is 3.76. The molecule has 0 radical (unpaired) electrons. The van der Waals surface area contributed by atoms with E-state index in [9.17, 15) is 13.5 Å². The minimum absolute atomic E-state index is 0.201. The molecule has 2 fully saturated rings. The minimum atomic E-state index is -3.04. The molecular formula is C18H27N3O3S. The molecule has 1 aromatic carbocycles. The zero-order valence-electron chi connectivity index (χ0n) is 14.7. The standard InChI is InChI=1S/C18H27N3O3S/c1-19-17(20-13-15-5-7-16(22)8-6-15)21-11-12-25(23,24)18(14-21)9-3-2-4-10-18/h5-8,22H,2-4,9-14H2,1H3,(H,19,20). The molecule has 1 saturated heterocycles. The second-order valence-corrected chi connectivity index (χ2v) is 9.56. The van der Waals surface area contributed by atoms with Crippen LogP contribution in [0.4, 0.5) is 0 Å². The van der Waals surface area contributed by atoms with Gasteiger partial charge in [-0.25, -0.2) is 8.42 Å². The van der Waals surface area contributed by atoms with Crippen LogP contribution in [0.5, 0.6) is 5.75 Å². The molecule has 3 rings (SSSR count). The topological polar surface area (TPSA) is 82.0 Å². The van der Waals surface area contributed by atoms with E-state index in [0.29, 0.717) is 19.6 Å². The van der Waals surface area contributed by atoms with Gasteiger partial charge in [0.15, 0.2) is 15.8 Å². The Hall–Kier alpha value is -1.76. The molecule has 1 heterocycles. The fourth-order valence-electron chi connectivity index (χ4n) is 3.95. The number of benzene rings is 1. The number of guanidine groups is 1. The number of aliphatic imine (C=N–C) groups is 1. The fraction of sp³-hybridized carbons (Fsp3) is 0.611. The largest absolute Gasteiger partial charge is 0.508 e. The average molecular weight is 365 g/mol. The van der Waals surface area contributed by atoms with Crippen molar-refractivity contribution in [1.29, 1.82) is 0 Å². The van der Waals surface area contributed by atoms with Gasteiger partial charge < -0.3 is 15.3 Å². The molecule has 0 aromatic heterocycles. The van der Waals surface area contributed by atoms with Crippen molar-refractivity contribution >= 4 is 15.8 Å². The maximum absolute atomic E-state index is 12.7. The lowest BCUT2D eigenvalue weighted by Crippen LogP contribution is -2.60. The van der Waals surface area contributed by atoms with Gasteiger partial charge in [0.25, 0.3) is 0 Å². The van der Waals surface area contributed by atoms with Crippen LogP contribution >= 0.6 is 0 Å². The van der Waals surface area contributed by atoms with E-state index in [1.807, 2.05) is 12.1 Å². The molecule has 0 atom stereocenters. The number of rotatable bonds is 2. The van der Waals surface area contributed by atoms with E-state index >= 15 is 0 Å². The molecule has 0 amide bonds. The van der Waals surface area contributed by atoms with Gasteiger partial charge in [-0.15, -0.1) is 0 Å². The lowest BCUT2D eigenvalue weighted by molar-refractivity contribution is 0.274. The fourth-order valence-corrected chi connectivity index (χ4v) is 6.10. The second-order valence-electron chi connectivity index (χ2n) is 7.05. The number of phenolic OH excluding ortho intramolecular Hbond substituents is 1. The lowest BCUT2D eigenvalue weighted by atomic mass is 9.87. The maximum atomic E-state index is 12.7. The van der Waals surface area contributed by atoms with Crippen molar-refractivity contribution in [3.8, 4) is 5.75 Å².